The van der Waals surface area contributed by atoms with Gasteiger partial charge in [-0.05, 0) is 30.8 Å². The molecule has 0 aromatic carbocycles. The fraction of sp³-hybridized carbons (Fsp3) is 0.692. The topological polar surface area (TPSA) is 12.0 Å². The summed E-state index contributed by atoms with van der Waals surface area (Å²) < 4.78 is 0. The average Bonchev–Trinajstić information content (AvgIpc) is 2.81. The van der Waals surface area contributed by atoms with Gasteiger partial charge < -0.3 is 5.32 Å². The van der Waals surface area contributed by atoms with Crippen LogP contribution in [-0.2, 0) is 6.42 Å². The van der Waals surface area contributed by atoms with Crippen LogP contribution >= 0.6 is 46.5 Å². The van der Waals surface area contributed by atoms with Crippen LogP contribution in [-0.4, -0.2) is 35.1 Å². The van der Waals surface area contributed by atoms with E-state index in [-0.39, 0.29) is 0 Å². The van der Waals surface area contributed by atoms with E-state index in [9.17, 15) is 0 Å². The first-order chi connectivity index (χ1) is 8.81. The number of halogens is 1. The first kappa shape index (κ1) is 15.0. The van der Waals surface area contributed by atoms with Gasteiger partial charge in [-0.15, -0.1) is 11.3 Å². The lowest BCUT2D eigenvalue weighted by Crippen LogP contribution is -2.42. The van der Waals surface area contributed by atoms with Gasteiger partial charge in [0.05, 0.1) is 5.02 Å². The van der Waals surface area contributed by atoms with Crippen molar-refractivity contribution in [2.75, 3.05) is 23.8 Å². The van der Waals surface area contributed by atoms with E-state index in [0.717, 1.165) is 23.2 Å². The summed E-state index contributed by atoms with van der Waals surface area (Å²) in [7, 11) is 0. The smallest absolute Gasteiger partial charge is 0.0545 e. The van der Waals surface area contributed by atoms with Crippen molar-refractivity contribution in [3.63, 3.8) is 0 Å². The predicted molar refractivity (Wildman–Crippen MR) is 88.7 cm³/mol. The van der Waals surface area contributed by atoms with Crippen molar-refractivity contribution in [1.82, 2.24) is 5.32 Å². The Balaban J connectivity index is 1.97. The molecule has 0 aliphatic carbocycles. The molecule has 0 amide bonds. The molecule has 18 heavy (non-hydrogen) atoms. The van der Waals surface area contributed by atoms with E-state index in [0.29, 0.717) is 6.04 Å². The van der Waals surface area contributed by atoms with Crippen molar-refractivity contribution in [1.29, 1.82) is 0 Å². The molecule has 0 saturated carbocycles. The minimum absolute atomic E-state index is 0.568. The van der Waals surface area contributed by atoms with Crippen molar-refractivity contribution in [2.24, 2.45) is 0 Å². The summed E-state index contributed by atoms with van der Waals surface area (Å²) in [6, 6.07) is 2.58. The number of thiophene rings is 1. The molecule has 2 rings (SSSR count). The first-order valence-corrected chi connectivity index (χ1v) is 9.92. The van der Waals surface area contributed by atoms with Gasteiger partial charge >= 0.3 is 0 Å². The monoisotopic (exact) mass is 321 g/mol. The minimum Gasteiger partial charge on any atom is -0.312 e. The molecule has 102 valence electrons. The molecule has 1 aliphatic rings. The van der Waals surface area contributed by atoms with E-state index in [1.54, 1.807) is 11.3 Å². The largest absolute Gasteiger partial charge is 0.312 e. The molecule has 0 radical (unpaired) electrons. The van der Waals surface area contributed by atoms with Crippen LogP contribution in [0.2, 0.25) is 5.02 Å². The fourth-order valence-corrected chi connectivity index (χ4v) is 6.14. The van der Waals surface area contributed by atoms with E-state index in [1.165, 1.54) is 28.6 Å². The Kier molecular flexibility index (Phi) is 6.73. The van der Waals surface area contributed by atoms with Crippen molar-refractivity contribution in [3.8, 4) is 0 Å². The molecule has 2 unspecified atom stereocenters. The fourth-order valence-electron chi connectivity index (χ4n) is 2.07. The lowest BCUT2D eigenvalue weighted by molar-refractivity contribution is 0.508. The van der Waals surface area contributed by atoms with Crippen LogP contribution in [0.5, 0.6) is 0 Å². The van der Waals surface area contributed by atoms with Crippen LogP contribution in [0.3, 0.4) is 0 Å². The maximum absolute atomic E-state index is 6.23. The normalized spacial score (nSPS) is 22.0. The maximum atomic E-state index is 6.23. The van der Waals surface area contributed by atoms with E-state index >= 15 is 0 Å². The summed E-state index contributed by atoms with van der Waals surface area (Å²) in [5.74, 6) is 3.87. The molecule has 2 heterocycles. The number of nitrogens with one attached hydrogen (secondary N) is 1. The Morgan fingerprint density at radius 2 is 2.39 bits per heavy atom. The van der Waals surface area contributed by atoms with Crippen molar-refractivity contribution in [2.45, 2.75) is 31.1 Å². The van der Waals surface area contributed by atoms with Gasteiger partial charge in [0.25, 0.3) is 0 Å². The van der Waals surface area contributed by atoms with E-state index in [2.05, 4.69) is 41.1 Å². The van der Waals surface area contributed by atoms with Crippen molar-refractivity contribution < 1.29 is 0 Å². The van der Waals surface area contributed by atoms with Crippen LogP contribution in [0.4, 0.5) is 0 Å². The lowest BCUT2D eigenvalue weighted by Gasteiger charge is -2.30. The molecule has 0 spiro atoms. The summed E-state index contributed by atoms with van der Waals surface area (Å²) in [5.41, 5.74) is 0. The van der Waals surface area contributed by atoms with E-state index < -0.39 is 0 Å². The van der Waals surface area contributed by atoms with Crippen molar-refractivity contribution >= 4 is 46.5 Å². The summed E-state index contributed by atoms with van der Waals surface area (Å²) in [5, 5.41) is 7.48. The first-order valence-electron chi connectivity index (χ1n) is 6.46. The van der Waals surface area contributed by atoms with Gasteiger partial charge in [0.1, 0.15) is 0 Å². The Labute approximate surface area is 127 Å². The molecule has 1 nitrogen and oxygen atoms in total. The number of hydrogen-bond donors (Lipinski definition) is 1. The van der Waals surface area contributed by atoms with Gasteiger partial charge in [-0.1, -0.05) is 18.5 Å². The summed E-state index contributed by atoms with van der Waals surface area (Å²) in [6.07, 6.45) is 2.27. The van der Waals surface area contributed by atoms with Gasteiger partial charge in [-0.25, -0.2) is 0 Å². The van der Waals surface area contributed by atoms with Gasteiger partial charge in [-0.2, -0.15) is 23.5 Å². The average molecular weight is 322 g/mol. The molecule has 1 aromatic heterocycles. The van der Waals surface area contributed by atoms with Gasteiger partial charge in [0.15, 0.2) is 0 Å². The van der Waals surface area contributed by atoms with Gasteiger partial charge in [0, 0.05) is 33.4 Å². The number of thioether (sulfide) groups is 2. The Morgan fingerprint density at radius 1 is 1.50 bits per heavy atom. The molecule has 1 aliphatic heterocycles. The Bertz CT molecular complexity index is 350. The Hall–Kier alpha value is 0.650. The van der Waals surface area contributed by atoms with Crippen LogP contribution in [0.15, 0.2) is 11.4 Å². The second-order valence-electron chi connectivity index (χ2n) is 4.44. The summed E-state index contributed by atoms with van der Waals surface area (Å²) in [4.78, 5) is 1.33. The van der Waals surface area contributed by atoms with E-state index in [1.807, 2.05) is 6.07 Å². The molecule has 5 heteroatoms. The zero-order valence-electron chi connectivity index (χ0n) is 10.7. The molecule has 1 aromatic rings. The second-order valence-corrected chi connectivity index (χ2v) is 8.35. The second kappa shape index (κ2) is 8.05. The lowest BCUT2D eigenvalue weighted by atomic mass is 10.1. The zero-order valence-corrected chi connectivity index (χ0v) is 13.9. The highest BCUT2D eigenvalue weighted by Crippen LogP contribution is 2.30. The summed E-state index contributed by atoms with van der Waals surface area (Å²) >= 11 is 12.2. The highest BCUT2D eigenvalue weighted by atomic mass is 35.5. The Morgan fingerprint density at radius 3 is 3.00 bits per heavy atom. The van der Waals surface area contributed by atoms with Gasteiger partial charge in [-0.3, -0.25) is 0 Å². The molecule has 1 N–H and O–H groups in total. The third kappa shape index (κ3) is 4.34. The minimum atomic E-state index is 0.568. The van der Waals surface area contributed by atoms with Gasteiger partial charge in [0.2, 0.25) is 0 Å². The molecule has 1 fully saturated rings. The highest BCUT2D eigenvalue weighted by molar-refractivity contribution is 8.06. The SMILES string of the molecule is CCCNC(Cc1sccc1Cl)C1CSCCS1. The molecule has 0 bridgehead atoms. The standard InChI is InChI=1S/C13H20ClNS3/c1-2-4-15-11(13-9-16-6-7-18-13)8-12-10(14)3-5-17-12/h3,5,11,13,15H,2,4,6-9H2,1H3. The van der Waals surface area contributed by atoms with Crippen LogP contribution in [0, 0.1) is 0 Å². The maximum Gasteiger partial charge on any atom is 0.0545 e. The number of hydrogen-bond acceptors (Lipinski definition) is 4. The number of rotatable bonds is 6. The zero-order chi connectivity index (χ0) is 12.8. The van der Waals surface area contributed by atoms with Crippen molar-refractivity contribution in [3.05, 3.63) is 21.3 Å². The van der Waals surface area contributed by atoms with E-state index in [4.69, 9.17) is 11.6 Å². The molecule has 2 atom stereocenters. The van der Waals surface area contributed by atoms with Crippen LogP contribution in [0.1, 0.15) is 18.2 Å². The third-order valence-corrected chi connectivity index (χ3v) is 7.37. The third-order valence-electron chi connectivity index (χ3n) is 3.04. The van der Waals surface area contributed by atoms with Crippen LogP contribution < -0.4 is 5.32 Å². The molecule has 1 saturated heterocycles. The molecular formula is C13H20ClNS3. The highest BCUT2D eigenvalue weighted by Gasteiger charge is 2.25. The summed E-state index contributed by atoms with van der Waals surface area (Å²) in [6.45, 7) is 3.33. The predicted octanol–water partition coefficient (Wildman–Crippen LogP) is 4.16. The quantitative estimate of drug-likeness (QED) is 0.845. The van der Waals surface area contributed by atoms with Crippen LogP contribution in [0.25, 0.3) is 0 Å². The molecular weight excluding hydrogens is 302 g/mol.